The number of rotatable bonds is 6. The van der Waals surface area contributed by atoms with Crippen LogP contribution in [-0.4, -0.2) is 44.5 Å². The van der Waals surface area contributed by atoms with Crippen LogP contribution in [0.25, 0.3) is 0 Å². The maximum absolute atomic E-state index is 12.1. The molecule has 25 heavy (non-hydrogen) atoms. The van der Waals surface area contributed by atoms with Gasteiger partial charge in [0, 0.05) is 18.9 Å². The lowest BCUT2D eigenvalue weighted by Gasteiger charge is -2.14. The van der Waals surface area contributed by atoms with E-state index < -0.39 is 11.6 Å². The Balaban J connectivity index is 1.50. The molecular weight excluding hydrogens is 326 g/mol. The molecule has 2 heterocycles. The SMILES string of the molecule is CC1(C)NC(=O)N(Cc2noc(CCC(=O)NC3CCCC3)n2)C1=O. The molecule has 1 aliphatic carbocycles. The van der Waals surface area contributed by atoms with Gasteiger partial charge in [-0.1, -0.05) is 18.0 Å². The number of nitrogens with zero attached hydrogens (tertiary/aromatic N) is 3. The van der Waals surface area contributed by atoms with Gasteiger partial charge in [0.15, 0.2) is 5.82 Å². The lowest BCUT2D eigenvalue weighted by molar-refractivity contribution is -0.130. The Kier molecular flexibility index (Phi) is 4.73. The van der Waals surface area contributed by atoms with E-state index in [0.29, 0.717) is 12.3 Å². The number of aryl methyl sites for hydroxylation is 1. The van der Waals surface area contributed by atoms with Gasteiger partial charge in [-0.2, -0.15) is 4.98 Å². The summed E-state index contributed by atoms with van der Waals surface area (Å²) in [6.45, 7) is 3.22. The van der Waals surface area contributed by atoms with Crippen molar-refractivity contribution in [3.05, 3.63) is 11.7 Å². The largest absolute Gasteiger partial charge is 0.353 e. The molecule has 0 spiro atoms. The Bertz CT molecular complexity index is 678. The van der Waals surface area contributed by atoms with Crippen LogP contribution < -0.4 is 10.6 Å². The molecule has 1 saturated heterocycles. The Morgan fingerprint density at radius 2 is 2.08 bits per heavy atom. The third-order valence-corrected chi connectivity index (χ3v) is 4.54. The smallest absolute Gasteiger partial charge is 0.325 e. The van der Waals surface area contributed by atoms with Crippen molar-refractivity contribution in [1.29, 1.82) is 0 Å². The summed E-state index contributed by atoms with van der Waals surface area (Å²) in [5.41, 5.74) is -0.929. The standard InChI is InChI=1S/C16H23N5O4/c1-16(2)14(23)21(15(24)19-16)9-11-18-13(25-20-11)8-7-12(22)17-10-5-3-4-6-10/h10H,3-9H2,1-2H3,(H,17,22)(H,19,24). The number of hydrogen-bond donors (Lipinski definition) is 2. The minimum absolute atomic E-state index is 0.0255. The molecule has 136 valence electrons. The maximum atomic E-state index is 12.1. The van der Waals surface area contributed by atoms with Crippen molar-refractivity contribution in [3.63, 3.8) is 0 Å². The molecule has 9 nitrogen and oxygen atoms in total. The number of carbonyl (C=O) groups is 3. The molecule has 1 aliphatic heterocycles. The summed E-state index contributed by atoms with van der Waals surface area (Å²) in [6, 6.07) is -0.189. The average molecular weight is 349 g/mol. The summed E-state index contributed by atoms with van der Waals surface area (Å²) in [7, 11) is 0. The highest BCUT2D eigenvalue weighted by molar-refractivity contribution is 6.06. The van der Waals surface area contributed by atoms with Gasteiger partial charge in [0.05, 0.1) is 6.54 Å². The molecular formula is C16H23N5O4. The van der Waals surface area contributed by atoms with Gasteiger partial charge in [-0.05, 0) is 26.7 Å². The molecule has 0 aromatic carbocycles. The van der Waals surface area contributed by atoms with Crippen molar-refractivity contribution in [1.82, 2.24) is 25.7 Å². The fraction of sp³-hybridized carbons (Fsp3) is 0.688. The van der Waals surface area contributed by atoms with Gasteiger partial charge in [0.2, 0.25) is 11.8 Å². The topological polar surface area (TPSA) is 117 Å². The van der Waals surface area contributed by atoms with Crippen molar-refractivity contribution < 1.29 is 18.9 Å². The molecule has 2 aliphatic rings. The van der Waals surface area contributed by atoms with E-state index >= 15 is 0 Å². The zero-order valence-electron chi connectivity index (χ0n) is 14.5. The quantitative estimate of drug-likeness (QED) is 0.737. The fourth-order valence-corrected chi connectivity index (χ4v) is 3.15. The van der Waals surface area contributed by atoms with Crippen molar-refractivity contribution in [3.8, 4) is 0 Å². The van der Waals surface area contributed by atoms with Gasteiger partial charge in [-0.3, -0.25) is 14.5 Å². The predicted molar refractivity (Wildman–Crippen MR) is 86.2 cm³/mol. The Morgan fingerprint density at radius 1 is 1.36 bits per heavy atom. The third kappa shape index (κ3) is 3.97. The third-order valence-electron chi connectivity index (χ3n) is 4.54. The van der Waals surface area contributed by atoms with E-state index in [1.54, 1.807) is 13.8 Å². The lowest BCUT2D eigenvalue weighted by atomic mass is 10.1. The van der Waals surface area contributed by atoms with E-state index in [4.69, 9.17) is 4.52 Å². The Labute approximate surface area is 145 Å². The lowest BCUT2D eigenvalue weighted by Crippen LogP contribution is -2.40. The Morgan fingerprint density at radius 3 is 2.72 bits per heavy atom. The summed E-state index contributed by atoms with van der Waals surface area (Å²) in [4.78, 5) is 41.1. The normalized spacial score (nSPS) is 20.2. The molecule has 0 atom stereocenters. The van der Waals surface area contributed by atoms with Crippen LogP contribution >= 0.6 is 0 Å². The van der Waals surface area contributed by atoms with Crippen LogP contribution in [0.3, 0.4) is 0 Å². The van der Waals surface area contributed by atoms with Crippen LogP contribution in [0.4, 0.5) is 4.79 Å². The molecule has 3 rings (SSSR count). The van der Waals surface area contributed by atoms with Gasteiger partial charge in [0.25, 0.3) is 5.91 Å². The molecule has 2 N–H and O–H groups in total. The van der Waals surface area contributed by atoms with Gasteiger partial charge in [-0.25, -0.2) is 4.79 Å². The summed E-state index contributed by atoms with van der Waals surface area (Å²) < 4.78 is 5.11. The van der Waals surface area contributed by atoms with Crippen LogP contribution in [0, 0.1) is 0 Å². The first-order valence-electron chi connectivity index (χ1n) is 8.60. The zero-order valence-corrected chi connectivity index (χ0v) is 14.5. The zero-order chi connectivity index (χ0) is 18.0. The summed E-state index contributed by atoms with van der Waals surface area (Å²) >= 11 is 0. The number of hydrogen-bond acceptors (Lipinski definition) is 6. The second kappa shape index (κ2) is 6.81. The molecule has 1 aromatic heterocycles. The summed E-state index contributed by atoms with van der Waals surface area (Å²) in [5, 5.41) is 9.38. The van der Waals surface area contributed by atoms with Crippen molar-refractivity contribution in [2.24, 2.45) is 0 Å². The minimum atomic E-state index is -0.929. The molecule has 0 radical (unpaired) electrons. The van der Waals surface area contributed by atoms with Crippen LogP contribution in [0.5, 0.6) is 0 Å². The van der Waals surface area contributed by atoms with Gasteiger partial charge in [0.1, 0.15) is 5.54 Å². The number of nitrogens with one attached hydrogen (secondary N) is 2. The first kappa shape index (κ1) is 17.4. The van der Waals surface area contributed by atoms with E-state index in [9.17, 15) is 14.4 Å². The summed E-state index contributed by atoms with van der Waals surface area (Å²) in [5.74, 6) is 0.206. The first-order chi connectivity index (χ1) is 11.8. The molecule has 4 amide bonds. The molecule has 0 unspecified atom stereocenters. The highest BCUT2D eigenvalue weighted by Gasteiger charge is 2.44. The van der Waals surface area contributed by atoms with Crippen molar-refractivity contribution >= 4 is 17.8 Å². The summed E-state index contributed by atoms with van der Waals surface area (Å²) in [6.07, 6.45) is 5.01. The van der Waals surface area contributed by atoms with Gasteiger partial charge >= 0.3 is 6.03 Å². The van der Waals surface area contributed by atoms with E-state index in [1.165, 1.54) is 0 Å². The van der Waals surface area contributed by atoms with Gasteiger partial charge in [-0.15, -0.1) is 0 Å². The maximum Gasteiger partial charge on any atom is 0.325 e. The second-order valence-electron chi connectivity index (χ2n) is 7.10. The van der Waals surface area contributed by atoms with Crippen LogP contribution in [0.1, 0.15) is 57.7 Å². The highest BCUT2D eigenvalue weighted by Crippen LogP contribution is 2.19. The molecule has 9 heteroatoms. The monoisotopic (exact) mass is 349 g/mol. The molecule has 1 saturated carbocycles. The van der Waals surface area contributed by atoms with Gasteiger partial charge < -0.3 is 15.2 Å². The van der Waals surface area contributed by atoms with Crippen LogP contribution in [0.2, 0.25) is 0 Å². The predicted octanol–water partition coefficient (Wildman–Crippen LogP) is 0.891. The molecule has 0 bridgehead atoms. The van der Waals surface area contributed by atoms with Crippen molar-refractivity contribution in [2.45, 2.75) is 70.5 Å². The first-order valence-corrected chi connectivity index (χ1v) is 8.60. The van der Waals surface area contributed by atoms with E-state index in [-0.39, 0.29) is 36.6 Å². The fourth-order valence-electron chi connectivity index (χ4n) is 3.15. The highest BCUT2D eigenvalue weighted by atomic mass is 16.5. The Hall–Kier alpha value is -2.45. The van der Waals surface area contributed by atoms with E-state index in [2.05, 4.69) is 20.8 Å². The van der Waals surface area contributed by atoms with Crippen molar-refractivity contribution in [2.75, 3.05) is 0 Å². The van der Waals surface area contributed by atoms with Crippen LogP contribution in [-0.2, 0) is 22.6 Å². The average Bonchev–Trinajstić information content (AvgIpc) is 3.24. The number of amides is 4. The van der Waals surface area contributed by atoms with E-state index in [1.807, 2.05) is 0 Å². The number of aromatic nitrogens is 2. The minimum Gasteiger partial charge on any atom is -0.353 e. The number of urea groups is 1. The number of carbonyl (C=O) groups excluding carboxylic acids is 3. The number of imide groups is 1. The van der Waals surface area contributed by atoms with E-state index in [0.717, 1.165) is 30.6 Å². The van der Waals surface area contributed by atoms with Crippen LogP contribution in [0.15, 0.2) is 4.52 Å². The molecule has 2 fully saturated rings. The second-order valence-corrected chi connectivity index (χ2v) is 7.10. The molecule has 1 aromatic rings.